The normalized spacial score (nSPS) is 23.6. The van der Waals surface area contributed by atoms with Gasteiger partial charge in [-0.25, -0.2) is 4.98 Å². The molecule has 0 saturated carbocycles. The van der Waals surface area contributed by atoms with Crippen molar-refractivity contribution < 1.29 is 9.21 Å². The summed E-state index contributed by atoms with van der Waals surface area (Å²) >= 11 is 1.50. The zero-order valence-electron chi connectivity index (χ0n) is 13.9. The molecule has 0 amide bonds. The Kier molecular flexibility index (Phi) is 4.19. The summed E-state index contributed by atoms with van der Waals surface area (Å²) in [7, 11) is 0. The van der Waals surface area contributed by atoms with E-state index in [1.54, 1.807) is 6.26 Å². The SMILES string of the molecule is CCN1CCN(C(c2ccco2)C2Sc3nc(C)nn3C2=O)CC1. The number of rotatable bonds is 4. The number of thioether (sulfide) groups is 1. The molecule has 0 N–H and O–H groups in total. The van der Waals surface area contributed by atoms with Crippen LogP contribution in [0.5, 0.6) is 0 Å². The number of aryl methyl sites for hydroxylation is 1. The molecule has 1 fully saturated rings. The van der Waals surface area contributed by atoms with Gasteiger partial charge in [-0.2, -0.15) is 4.68 Å². The molecule has 0 radical (unpaired) electrons. The van der Waals surface area contributed by atoms with E-state index in [9.17, 15) is 4.79 Å². The van der Waals surface area contributed by atoms with Crippen molar-refractivity contribution in [3.63, 3.8) is 0 Å². The quantitative estimate of drug-likeness (QED) is 0.833. The minimum atomic E-state index is -0.264. The van der Waals surface area contributed by atoms with Crippen molar-refractivity contribution in [1.82, 2.24) is 24.6 Å². The van der Waals surface area contributed by atoms with Crippen LogP contribution < -0.4 is 0 Å². The zero-order valence-corrected chi connectivity index (χ0v) is 14.7. The van der Waals surface area contributed by atoms with Gasteiger partial charge in [-0.3, -0.25) is 9.69 Å². The van der Waals surface area contributed by atoms with Crippen molar-refractivity contribution in [2.75, 3.05) is 32.7 Å². The van der Waals surface area contributed by atoms with E-state index in [0.29, 0.717) is 11.0 Å². The molecule has 2 aromatic rings. The van der Waals surface area contributed by atoms with E-state index in [1.165, 1.54) is 16.4 Å². The summed E-state index contributed by atoms with van der Waals surface area (Å²) in [5.41, 5.74) is 0. The zero-order chi connectivity index (χ0) is 16.7. The smallest absolute Gasteiger partial charge is 0.265 e. The van der Waals surface area contributed by atoms with Gasteiger partial charge in [-0.15, -0.1) is 5.10 Å². The summed E-state index contributed by atoms with van der Waals surface area (Å²) < 4.78 is 7.14. The second kappa shape index (κ2) is 6.34. The van der Waals surface area contributed by atoms with Crippen molar-refractivity contribution in [3.8, 4) is 0 Å². The second-order valence-electron chi connectivity index (χ2n) is 6.16. The molecule has 2 atom stereocenters. The predicted octanol–water partition coefficient (Wildman–Crippen LogP) is 1.67. The van der Waals surface area contributed by atoms with E-state index >= 15 is 0 Å². The van der Waals surface area contributed by atoms with Gasteiger partial charge in [-0.1, -0.05) is 18.7 Å². The molecule has 4 heterocycles. The number of hydrogen-bond donors (Lipinski definition) is 0. The number of carbonyl (C=O) groups excluding carboxylic acids is 1. The number of nitrogens with zero attached hydrogens (tertiary/aromatic N) is 5. The van der Waals surface area contributed by atoms with Crippen LogP contribution in [0.25, 0.3) is 0 Å². The third kappa shape index (κ3) is 2.68. The highest BCUT2D eigenvalue weighted by Gasteiger charge is 2.44. The maximum atomic E-state index is 12.9. The Balaban J connectivity index is 1.61. The van der Waals surface area contributed by atoms with Gasteiger partial charge < -0.3 is 9.32 Å². The summed E-state index contributed by atoms with van der Waals surface area (Å²) in [5.74, 6) is 1.47. The third-order valence-electron chi connectivity index (χ3n) is 4.74. The Morgan fingerprint density at radius 3 is 2.79 bits per heavy atom. The maximum absolute atomic E-state index is 12.9. The molecule has 4 rings (SSSR count). The first-order valence-corrected chi connectivity index (χ1v) is 9.19. The van der Waals surface area contributed by atoms with E-state index in [2.05, 4.69) is 26.8 Å². The van der Waals surface area contributed by atoms with Crippen molar-refractivity contribution in [2.24, 2.45) is 0 Å². The van der Waals surface area contributed by atoms with Crippen molar-refractivity contribution >= 4 is 17.7 Å². The summed E-state index contributed by atoms with van der Waals surface area (Å²) in [6.45, 7) is 8.94. The fourth-order valence-corrected chi connectivity index (χ4v) is 4.72. The molecule has 2 unspecified atom stereocenters. The lowest BCUT2D eigenvalue weighted by molar-refractivity contribution is 0.0694. The fraction of sp³-hybridized carbons (Fsp3) is 0.562. The van der Waals surface area contributed by atoms with Gasteiger partial charge in [0.1, 0.15) is 16.8 Å². The fourth-order valence-electron chi connectivity index (χ4n) is 3.44. The standard InChI is InChI=1S/C16H21N5O2S/c1-3-19-6-8-20(9-7-19)13(12-5-4-10-23-12)14-15(22)21-16(24-14)17-11(2)18-21/h4-5,10,13-14H,3,6-9H2,1-2H3. The Morgan fingerprint density at radius 1 is 1.38 bits per heavy atom. The lowest BCUT2D eigenvalue weighted by Gasteiger charge is -2.39. The second-order valence-corrected chi connectivity index (χ2v) is 7.27. The first-order valence-electron chi connectivity index (χ1n) is 8.31. The van der Waals surface area contributed by atoms with Gasteiger partial charge in [-0.05, 0) is 25.6 Å². The van der Waals surface area contributed by atoms with Crippen molar-refractivity contribution in [1.29, 1.82) is 0 Å². The topological polar surface area (TPSA) is 67.4 Å². The number of carbonyl (C=O) groups is 1. The van der Waals surface area contributed by atoms with E-state index in [1.807, 2.05) is 19.1 Å². The number of likely N-dealkylation sites (N-methyl/N-ethyl adjacent to an activating group) is 1. The molecule has 7 nitrogen and oxygen atoms in total. The summed E-state index contributed by atoms with van der Waals surface area (Å²) in [6, 6.07) is 3.76. The lowest BCUT2D eigenvalue weighted by atomic mass is 10.1. The minimum Gasteiger partial charge on any atom is -0.468 e. The highest BCUT2D eigenvalue weighted by molar-refractivity contribution is 8.00. The van der Waals surface area contributed by atoms with Gasteiger partial charge in [0.05, 0.1) is 12.3 Å². The van der Waals surface area contributed by atoms with Crippen LogP contribution in [0, 0.1) is 6.92 Å². The van der Waals surface area contributed by atoms with E-state index in [4.69, 9.17) is 4.42 Å². The third-order valence-corrected chi connectivity index (χ3v) is 5.93. The van der Waals surface area contributed by atoms with Crippen LogP contribution in [0.4, 0.5) is 0 Å². The molecular weight excluding hydrogens is 326 g/mol. The molecule has 8 heteroatoms. The average molecular weight is 347 g/mol. The highest BCUT2D eigenvalue weighted by Crippen LogP contribution is 2.41. The number of hydrogen-bond acceptors (Lipinski definition) is 7. The van der Waals surface area contributed by atoms with Crippen molar-refractivity contribution in [3.05, 3.63) is 30.0 Å². The highest BCUT2D eigenvalue weighted by atomic mass is 32.2. The molecule has 2 aliphatic heterocycles. The van der Waals surface area contributed by atoms with Crippen LogP contribution in [0.3, 0.4) is 0 Å². The molecule has 1 saturated heterocycles. The van der Waals surface area contributed by atoms with Gasteiger partial charge in [0.25, 0.3) is 5.91 Å². The molecule has 0 aliphatic carbocycles. The van der Waals surface area contributed by atoms with Crippen LogP contribution in [0.1, 0.15) is 29.3 Å². The van der Waals surface area contributed by atoms with Crippen LogP contribution >= 0.6 is 11.8 Å². The van der Waals surface area contributed by atoms with Crippen LogP contribution in [0.15, 0.2) is 28.0 Å². The van der Waals surface area contributed by atoms with E-state index in [0.717, 1.165) is 38.5 Å². The van der Waals surface area contributed by atoms with E-state index < -0.39 is 0 Å². The van der Waals surface area contributed by atoms with Crippen molar-refractivity contribution in [2.45, 2.75) is 30.3 Å². The van der Waals surface area contributed by atoms with E-state index in [-0.39, 0.29) is 17.2 Å². The number of fused-ring (bicyclic) bond motifs is 1. The lowest BCUT2D eigenvalue weighted by Crippen LogP contribution is -2.50. The number of furan rings is 1. The molecule has 2 aromatic heterocycles. The van der Waals surface area contributed by atoms with Gasteiger partial charge in [0, 0.05) is 26.2 Å². The molecule has 2 aliphatic rings. The monoisotopic (exact) mass is 347 g/mol. The molecular formula is C16H21N5O2S. The Labute approximate surface area is 145 Å². The van der Waals surface area contributed by atoms with Crippen LogP contribution in [-0.4, -0.2) is 68.4 Å². The van der Waals surface area contributed by atoms with Gasteiger partial charge in [0.2, 0.25) is 0 Å². The molecule has 0 aromatic carbocycles. The molecule has 0 spiro atoms. The summed E-state index contributed by atoms with van der Waals surface area (Å²) in [6.07, 6.45) is 1.68. The number of piperazine rings is 1. The first-order chi connectivity index (χ1) is 11.7. The largest absolute Gasteiger partial charge is 0.468 e. The molecule has 0 bridgehead atoms. The Bertz CT molecular complexity index is 721. The van der Waals surface area contributed by atoms with Crippen LogP contribution in [-0.2, 0) is 0 Å². The molecule has 24 heavy (non-hydrogen) atoms. The van der Waals surface area contributed by atoms with Gasteiger partial charge >= 0.3 is 0 Å². The van der Waals surface area contributed by atoms with Gasteiger partial charge in [0.15, 0.2) is 5.16 Å². The summed E-state index contributed by atoms with van der Waals surface area (Å²) in [5, 5.41) is 4.66. The molecule has 128 valence electrons. The first kappa shape index (κ1) is 15.9. The number of aromatic nitrogens is 3. The Morgan fingerprint density at radius 2 is 2.17 bits per heavy atom. The van der Waals surface area contributed by atoms with Crippen LogP contribution in [0.2, 0.25) is 0 Å². The summed E-state index contributed by atoms with van der Waals surface area (Å²) in [4.78, 5) is 22.0. The average Bonchev–Trinajstić information content (AvgIpc) is 3.29. The maximum Gasteiger partial charge on any atom is 0.265 e. The predicted molar refractivity (Wildman–Crippen MR) is 90.2 cm³/mol. The minimum absolute atomic E-state index is 0.00470. The Hall–Kier alpha value is -1.64.